The van der Waals surface area contributed by atoms with Crippen molar-refractivity contribution in [2.45, 2.75) is 25.7 Å². The number of hydrazone groups is 1. The average Bonchev–Trinajstić information content (AvgIpc) is 3.28. The Morgan fingerprint density at radius 1 is 1.28 bits per heavy atom. The number of H-pyrrole nitrogens is 1. The second-order valence-electron chi connectivity index (χ2n) is 6.61. The number of amides is 2. The molecule has 2 amide bonds. The van der Waals surface area contributed by atoms with Crippen molar-refractivity contribution in [1.29, 1.82) is 5.26 Å². The summed E-state index contributed by atoms with van der Waals surface area (Å²) in [6.45, 7) is 0. The number of hydrogen-bond acceptors (Lipinski definition) is 5. The molecule has 3 N–H and O–H groups in total. The van der Waals surface area contributed by atoms with Crippen LogP contribution in [-0.2, 0) is 22.4 Å². The molecule has 0 radical (unpaired) electrons. The van der Waals surface area contributed by atoms with E-state index in [9.17, 15) is 14.9 Å². The first-order chi connectivity index (χ1) is 14.1. The summed E-state index contributed by atoms with van der Waals surface area (Å²) in [4.78, 5) is 28.6. The largest absolute Gasteiger partial charge is 0.361 e. The van der Waals surface area contributed by atoms with Gasteiger partial charge in [-0.2, -0.15) is 10.4 Å². The lowest BCUT2D eigenvalue weighted by atomic mass is 9.96. The molecular weight excluding hydrogens is 454 g/mol. The summed E-state index contributed by atoms with van der Waals surface area (Å²) in [7, 11) is 0. The van der Waals surface area contributed by atoms with Gasteiger partial charge in [-0.15, -0.1) is 11.3 Å². The summed E-state index contributed by atoms with van der Waals surface area (Å²) in [5.41, 5.74) is 5.42. The van der Waals surface area contributed by atoms with E-state index in [0.29, 0.717) is 10.6 Å². The van der Waals surface area contributed by atoms with Crippen LogP contribution in [0.2, 0.25) is 0 Å². The van der Waals surface area contributed by atoms with Crippen LogP contribution in [0.4, 0.5) is 5.00 Å². The monoisotopic (exact) mass is 469 g/mol. The van der Waals surface area contributed by atoms with E-state index in [2.05, 4.69) is 42.8 Å². The summed E-state index contributed by atoms with van der Waals surface area (Å²) >= 11 is 4.80. The van der Waals surface area contributed by atoms with Gasteiger partial charge in [0, 0.05) is 32.0 Å². The van der Waals surface area contributed by atoms with Gasteiger partial charge in [-0.25, -0.2) is 5.43 Å². The molecule has 29 heavy (non-hydrogen) atoms. The second-order valence-corrected chi connectivity index (χ2v) is 8.63. The summed E-state index contributed by atoms with van der Waals surface area (Å²) in [5.74, 6) is -1.74. The molecule has 146 valence electrons. The number of aromatic amines is 1. The lowest BCUT2D eigenvalue weighted by Crippen LogP contribution is -2.32. The molecule has 0 aliphatic heterocycles. The van der Waals surface area contributed by atoms with E-state index < -0.39 is 11.8 Å². The van der Waals surface area contributed by atoms with Crippen LogP contribution in [0.15, 0.2) is 34.0 Å². The molecule has 0 bridgehead atoms. The molecule has 0 saturated heterocycles. The van der Waals surface area contributed by atoms with E-state index in [0.717, 1.165) is 57.1 Å². The zero-order valence-corrected chi connectivity index (χ0v) is 17.6. The zero-order chi connectivity index (χ0) is 20.4. The number of nitriles is 1. The Bertz CT molecular complexity index is 1190. The van der Waals surface area contributed by atoms with Crippen LogP contribution in [0.25, 0.3) is 10.9 Å². The standard InChI is InChI=1S/C20H16BrN5O2S/c21-12-5-6-16-14(7-12)11(9-23-16)10-24-26-19(28)18(27)25-20-15(8-22)13-3-1-2-4-17(13)29-20/h5-7,9-10,23H,1-4H2,(H,25,27)(H,26,28)/b24-10+. The zero-order valence-electron chi connectivity index (χ0n) is 15.2. The van der Waals surface area contributed by atoms with Gasteiger partial charge in [-0.1, -0.05) is 15.9 Å². The fourth-order valence-corrected chi connectivity index (χ4v) is 4.96. The van der Waals surface area contributed by atoms with Crippen molar-refractivity contribution in [2.24, 2.45) is 5.10 Å². The third-order valence-corrected chi connectivity index (χ3v) is 6.46. The maximum Gasteiger partial charge on any atom is 0.329 e. The lowest BCUT2D eigenvalue weighted by Gasteiger charge is -2.09. The molecule has 0 unspecified atom stereocenters. The molecule has 0 atom stereocenters. The number of anilines is 1. The van der Waals surface area contributed by atoms with Gasteiger partial charge in [0.25, 0.3) is 0 Å². The van der Waals surface area contributed by atoms with E-state index in [4.69, 9.17) is 0 Å². The van der Waals surface area contributed by atoms with Gasteiger partial charge in [-0.05, 0) is 49.4 Å². The van der Waals surface area contributed by atoms with Crippen molar-refractivity contribution in [3.05, 3.63) is 50.4 Å². The van der Waals surface area contributed by atoms with Crippen LogP contribution in [0.3, 0.4) is 0 Å². The third kappa shape index (κ3) is 3.95. The normalized spacial score (nSPS) is 13.2. The Hall–Kier alpha value is -2.96. The van der Waals surface area contributed by atoms with Gasteiger partial charge < -0.3 is 10.3 Å². The molecule has 2 heterocycles. The Balaban J connectivity index is 1.43. The lowest BCUT2D eigenvalue weighted by molar-refractivity contribution is -0.136. The number of benzene rings is 1. The molecule has 4 rings (SSSR count). The molecule has 9 heteroatoms. The Morgan fingerprint density at radius 2 is 2.10 bits per heavy atom. The van der Waals surface area contributed by atoms with Crippen LogP contribution in [0.5, 0.6) is 0 Å². The minimum atomic E-state index is -0.891. The van der Waals surface area contributed by atoms with Crippen LogP contribution < -0.4 is 10.7 Å². The molecule has 1 aromatic carbocycles. The minimum Gasteiger partial charge on any atom is -0.361 e. The molecule has 1 aliphatic carbocycles. The number of nitrogens with zero attached hydrogens (tertiary/aromatic N) is 2. The maximum atomic E-state index is 12.2. The summed E-state index contributed by atoms with van der Waals surface area (Å²) in [6, 6.07) is 7.94. The Labute approximate surface area is 178 Å². The Morgan fingerprint density at radius 3 is 2.93 bits per heavy atom. The number of hydrogen-bond donors (Lipinski definition) is 3. The highest BCUT2D eigenvalue weighted by Crippen LogP contribution is 2.37. The van der Waals surface area contributed by atoms with E-state index >= 15 is 0 Å². The maximum absolute atomic E-state index is 12.2. The fraction of sp³-hybridized carbons (Fsp3) is 0.200. The number of nitrogens with one attached hydrogen (secondary N) is 3. The average molecular weight is 470 g/mol. The third-order valence-electron chi connectivity index (χ3n) is 4.76. The molecule has 0 spiro atoms. The highest BCUT2D eigenvalue weighted by atomic mass is 79.9. The predicted molar refractivity (Wildman–Crippen MR) is 116 cm³/mol. The predicted octanol–water partition coefficient (Wildman–Crippen LogP) is 3.83. The van der Waals surface area contributed by atoms with Gasteiger partial charge >= 0.3 is 11.8 Å². The first-order valence-corrected chi connectivity index (χ1v) is 10.6. The smallest absolute Gasteiger partial charge is 0.329 e. The van der Waals surface area contributed by atoms with Crippen molar-refractivity contribution in [3.63, 3.8) is 0 Å². The number of aromatic nitrogens is 1. The number of carbonyl (C=O) groups is 2. The van der Waals surface area contributed by atoms with E-state index in [1.165, 1.54) is 17.6 Å². The second kappa shape index (κ2) is 8.19. The number of thiophene rings is 1. The summed E-state index contributed by atoms with van der Waals surface area (Å²) in [6.07, 6.45) is 7.09. The highest BCUT2D eigenvalue weighted by Gasteiger charge is 2.23. The minimum absolute atomic E-state index is 0.435. The summed E-state index contributed by atoms with van der Waals surface area (Å²) in [5, 5.41) is 17.3. The van der Waals surface area contributed by atoms with Gasteiger partial charge in [0.2, 0.25) is 0 Å². The SMILES string of the molecule is N#Cc1c(NC(=O)C(=O)N/N=C/c2c[nH]c3ccc(Br)cc23)sc2c1CCCC2. The number of aryl methyl sites for hydroxylation is 1. The molecule has 7 nitrogen and oxygen atoms in total. The fourth-order valence-electron chi connectivity index (χ4n) is 3.36. The van der Waals surface area contributed by atoms with E-state index in [-0.39, 0.29) is 0 Å². The van der Waals surface area contributed by atoms with E-state index in [1.54, 1.807) is 6.20 Å². The topological polar surface area (TPSA) is 110 Å². The van der Waals surface area contributed by atoms with Crippen LogP contribution in [0, 0.1) is 11.3 Å². The van der Waals surface area contributed by atoms with Crippen molar-refractivity contribution < 1.29 is 9.59 Å². The first-order valence-electron chi connectivity index (χ1n) is 9.02. The number of fused-ring (bicyclic) bond motifs is 2. The molecule has 1 aliphatic rings. The molecule has 0 saturated carbocycles. The number of halogens is 1. The van der Waals surface area contributed by atoms with E-state index in [1.807, 2.05) is 18.2 Å². The van der Waals surface area contributed by atoms with Gasteiger partial charge in [0.05, 0.1) is 11.8 Å². The van der Waals surface area contributed by atoms with Crippen LogP contribution >= 0.6 is 27.3 Å². The molecule has 0 fully saturated rings. The molecule has 3 aromatic rings. The van der Waals surface area contributed by atoms with Crippen molar-refractivity contribution in [1.82, 2.24) is 10.4 Å². The number of rotatable bonds is 3. The van der Waals surface area contributed by atoms with Gasteiger partial charge in [0.15, 0.2) is 0 Å². The van der Waals surface area contributed by atoms with Crippen molar-refractivity contribution >= 4 is 61.2 Å². The first kappa shape index (κ1) is 19.4. The highest BCUT2D eigenvalue weighted by molar-refractivity contribution is 9.10. The summed E-state index contributed by atoms with van der Waals surface area (Å²) < 4.78 is 0.926. The molecule has 2 aromatic heterocycles. The Kier molecular flexibility index (Phi) is 5.47. The quantitative estimate of drug-likeness (QED) is 0.307. The number of carbonyl (C=O) groups excluding carboxylic acids is 2. The van der Waals surface area contributed by atoms with Gasteiger partial charge in [-0.3, -0.25) is 9.59 Å². The van der Waals surface area contributed by atoms with Crippen LogP contribution in [-0.4, -0.2) is 23.0 Å². The van der Waals surface area contributed by atoms with Gasteiger partial charge in [0.1, 0.15) is 11.1 Å². The molecular formula is C20H16BrN5O2S. The van der Waals surface area contributed by atoms with Crippen molar-refractivity contribution in [3.8, 4) is 6.07 Å². The van der Waals surface area contributed by atoms with Crippen molar-refractivity contribution in [2.75, 3.05) is 5.32 Å². The van der Waals surface area contributed by atoms with Crippen LogP contribution in [0.1, 0.15) is 34.4 Å².